The molecule has 0 radical (unpaired) electrons. The average molecular weight is 437 g/mol. The number of rotatable bonds is 6. The lowest BCUT2D eigenvalue weighted by Gasteiger charge is -2.16. The summed E-state index contributed by atoms with van der Waals surface area (Å²) >= 11 is 5.80. The number of sulfonamides is 1. The largest absolute Gasteiger partial charge is 0.449 e. The summed E-state index contributed by atoms with van der Waals surface area (Å²) in [5, 5.41) is 3.17. The first kappa shape index (κ1) is 21.3. The zero-order valence-electron chi connectivity index (χ0n) is 15.8. The molecule has 1 amide bonds. The number of hydrogen-bond donors (Lipinski definition) is 1. The topological polar surface area (TPSA) is 92.8 Å². The second kappa shape index (κ2) is 8.94. The summed E-state index contributed by atoms with van der Waals surface area (Å²) in [6, 6.07) is 12.1. The molecule has 2 aromatic rings. The zero-order chi connectivity index (χ0) is 21.0. The maximum atomic E-state index is 12.5. The molecule has 1 unspecified atom stereocenters. The third-order valence-electron chi connectivity index (χ3n) is 4.56. The molecule has 1 fully saturated rings. The standard InChI is InChI=1S/C20H21ClN2O5S/c1-14(19(24)22-17-8-6-16(21)7-9-17)28-20(25)15-4-10-18(11-5-15)29(26,27)23-12-2-3-13-23/h4-11,14H,2-3,12-13H2,1H3,(H,22,24). The van der Waals surface area contributed by atoms with Crippen molar-refractivity contribution in [2.45, 2.75) is 30.8 Å². The summed E-state index contributed by atoms with van der Waals surface area (Å²) in [5.41, 5.74) is 0.690. The number of anilines is 1. The minimum atomic E-state index is -3.55. The molecule has 29 heavy (non-hydrogen) atoms. The fourth-order valence-corrected chi connectivity index (χ4v) is 4.54. The normalized spacial score (nSPS) is 15.7. The lowest BCUT2D eigenvalue weighted by Crippen LogP contribution is -2.30. The predicted molar refractivity (Wildman–Crippen MR) is 109 cm³/mol. The number of nitrogens with one attached hydrogen (secondary N) is 1. The van der Waals surface area contributed by atoms with Crippen LogP contribution < -0.4 is 5.32 Å². The van der Waals surface area contributed by atoms with E-state index in [4.69, 9.17) is 16.3 Å². The first-order chi connectivity index (χ1) is 13.8. The van der Waals surface area contributed by atoms with E-state index in [0.717, 1.165) is 12.8 Å². The minimum Gasteiger partial charge on any atom is -0.449 e. The van der Waals surface area contributed by atoms with Crippen molar-refractivity contribution < 1.29 is 22.7 Å². The van der Waals surface area contributed by atoms with Gasteiger partial charge < -0.3 is 10.1 Å². The number of ether oxygens (including phenoxy) is 1. The van der Waals surface area contributed by atoms with Crippen LogP contribution in [0.15, 0.2) is 53.4 Å². The molecule has 1 aliphatic rings. The van der Waals surface area contributed by atoms with Crippen molar-refractivity contribution in [1.82, 2.24) is 4.31 Å². The van der Waals surface area contributed by atoms with Gasteiger partial charge in [0.25, 0.3) is 5.91 Å². The van der Waals surface area contributed by atoms with Gasteiger partial charge in [-0.05, 0) is 68.3 Å². The molecule has 0 saturated carbocycles. The molecule has 9 heteroatoms. The van der Waals surface area contributed by atoms with Gasteiger partial charge in [-0.15, -0.1) is 0 Å². The number of halogens is 1. The molecule has 1 saturated heterocycles. The average Bonchev–Trinajstić information content (AvgIpc) is 3.25. The Morgan fingerprint density at radius 3 is 2.21 bits per heavy atom. The monoisotopic (exact) mass is 436 g/mol. The van der Waals surface area contributed by atoms with Gasteiger partial charge in [-0.1, -0.05) is 11.6 Å². The highest BCUT2D eigenvalue weighted by atomic mass is 35.5. The number of carbonyl (C=O) groups excluding carboxylic acids is 2. The van der Waals surface area contributed by atoms with Crippen LogP contribution in [0.4, 0.5) is 5.69 Å². The van der Waals surface area contributed by atoms with E-state index in [2.05, 4.69) is 5.32 Å². The Morgan fingerprint density at radius 1 is 1.03 bits per heavy atom. The Hall–Kier alpha value is -2.42. The van der Waals surface area contributed by atoms with E-state index in [1.807, 2.05) is 0 Å². The molecule has 0 aromatic heterocycles. The summed E-state index contributed by atoms with van der Waals surface area (Å²) < 4.78 is 31.7. The lowest BCUT2D eigenvalue weighted by atomic mass is 10.2. The van der Waals surface area contributed by atoms with Gasteiger partial charge in [-0.25, -0.2) is 13.2 Å². The molecule has 1 aliphatic heterocycles. The van der Waals surface area contributed by atoms with Gasteiger partial charge in [0.05, 0.1) is 10.5 Å². The van der Waals surface area contributed by atoms with Crippen LogP contribution in [0.5, 0.6) is 0 Å². The van der Waals surface area contributed by atoms with Gasteiger partial charge >= 0.3 is 5.97 Å². The van der Waals surface area contributed by atoms with Crippen LogP contribution in [0, 0.1) is 0 Å². The van der Waals surface area contributed by atoms with Crippen LogP contribution in [0.2, 0.25) is 5.02 Å². The van der Waals surface area contributed by atoms with Gasteiger partial charge in [0.15, 0.2) is 6.10 Å². The Morgan fingerprint density at radius 2 is 1.62 bits per heavy atom. The van der Waals surface area contributed by atoms with Crippen molar-refractivity contribution in [2.75, 3.05) is 18.4 Å². The van der Waals surface area contributed by atoms with Crippen molar-refractivity contribution in [3.8, 4) is 0 Å². The molecule has 0 spiro atoms. The van der Waals surface area contributed by atoms with Gasteiger partial charge in [0.1, 0.15) is 0 Å². The Labute approximate surface area is 174 Å². The summed E-state index contributed by atoms with van der Waals surface area (Å²) in [4.78, 5) is 24.6. The van der Waals surface area contributed by atoms with E-state index in [1.54, 1.807) is 24.3 Å². The summed E-state index contributed by atoms with van der Waals surface area (Å²) in [6.45, 7) is 2.47. The molecule has 3 rings (SSSR count). The molecule has 7 nitrogen and oxygen atoms in total. The van der Waals surface area contributed by atoms with Gasteiger partial charge in [0, 0.05) is 23.8 Å². The predicted octanol–water partition coefficient (Wildman–Crippen LogP) is 3.31. The quantitative estimate of drug-likeness (QED) is 0.701. The summed E-state index contributed by atoms with van der Waals surface area (Å²) in [5.74, 6) is -1.21. The van der Waals surface area contributed by atoms with Crippen molar-refractivity contribution >= 4 is 39.2 Å². The summed E-state index contributed by atoms with van der Waals surface area (Å²) in [6.07, 6.45) is 0.658. The van der Waals surface area contributed by atoms with E-state index in [-0.39, 0.29) is 10.5 Å². The van der Waals surface area contributed by atoms with E-state index in [9.17, 15) is 18.0 Å². The molecule has 2 aromatic carbocycles. The second-order valence-corrected chi connectivity index (χ2v) is 9.05. The Kier molecular flexibility index (Phi) is 6.56. The number of nitrogens with zero attached hydrogens (tertiary/aromatic N) is 1. The van der Waals surface area contributed by atoms with Gasteiger partial charge in [-0.2, -0.15) is 4.31 Å². The first-order valence-corrected chi connectivity index (χ1v) is 11.0. The molecular formula is C20H21ClN2O5S. The lowest BCUT2D eigenvalue weighted by molar-refractivity contribution is -0.123. The zero-order valence-corrected chi connectivity index (χ0v) is 17.4. The molecular weight excluding hydrogens is 416 g/mol. The van der Waals surface area contributed by atoms with Crippen LogP contribution in [-0.4, -0.2) is 43.8 Å². The molecule has 1 atom stereocenters. The van der Waals surface area contributed by atoms with Crippen molar-refractivity contribution in [1.29, 1.82) is 0 Å². The van der Waals surface area contributed by atoms with Crippen molar-refractivity contribution in [3.05, 3.63) is 59.1 Å². The smallest absolute Gasteiger partial charge is 0.338 e. The van der Waals surface area contributed by atoms with Crippen LogP contribution in [-0.2, 0) is 19.6 Å². The minimum absolute atomic E-state index is 0.129. The van der Waals surface area contributed by atoms with Gasteiger partial charge in [0.2, 0.25) is 10.0 Å². The summed E-state index contributed by atoms with van der Waals surface area (Å²) in [7, 11) is -3.55. The number of amides is 1. The fraction of sp³-hybridized carbons (Fsp3) is 0.300. The second-order valence-electron chi connectivity index (χ2n) is 6.68. The van der Waals surface area contributed by atoms with Gasteiger partial charge in [-0.3, -0.25) is 4.79 Å². The fourth-order valence-electron chi connectivity index (χ4n) is 2.90. The van der Waals surface area contributed by atoms with Crippen molar-refractivity contribution in [2.24, 2.45) is 0 Å². The van der Waals surface area contributed by atoms with Crippen LogP contribution in [0.3, 0.4) is 0 Å². The Balaban J connectivity index is 1.61. The van der Waals surface area contributed by atoms with E-state index in [0.29, 0.717) is 23.8 Å². The molecule has 1 N–H and O–H groups in total. The SMILES string of the molecule is CC(OC(=O)c1ccc(S(=O)(=O)N2CCCC2)cc1)C(=O)Nc1ccc(Cl)cc1. The molecule has 0 bridgehead atoms. The van der Waals surface area contributed by atoms with E-state index in [1.165, 1.54) is 35.5 Å². The third-order valence-corrected chi connectivity index (χ3v) is 6.72. The van der Waals surface area contributed by atoms with Crippen molar-refractivity contribution in [3.63, 3.8) is 0 Å². The first-order valence-electron chi connectivity index (χ1n) is 9.15. The maximum Gasteiger partial charge on any atom is 0.338 e. The van der Waals surface area contributed by atoms with E-state index >= 15 is 0 Å². The number of hydrogen-bond acceptors (Lipinski definition) is 5. The highest BCUT2D eigenvalue weighted by Crippen LogP contribution is 2.21. The number of carbonyl (C=O) groups is 2. The highest BCUT2D eigenvalue weighted by Gasteiger charge is 2.27. The van der Waals surface area contributed by atoms with E-state index < -0.39 is 28.0 Å². The maximum absolute atomic E-state index is 12.5. The number of esters is 1. The third kappa shape index (κ3) is 5.14. The van der Waals surface area contributed by atoms with Crippen LogP contribution in [0.25, 0.3) is 0 Å². The van der Waals surface area contributed by atoms with Crippen LogP contribution >= 0.6 is 11.6 Å². The van der Waals surface area contributed by atoms with Crippen LogP contribution in [0.1, 0.15) is 30.1 Å². The molecule has 0 aliphatic carbocycles. The molecule has 1 heterocycles. The Bertz CT molecular complexity index is 985. The number of benzene rings is 2. The molecule has 154 valence electrons. The highest BCUT2D eigenvalue weighted by molar-refractivity contribution is 7.89.